The van der Waals surface area contributed by atoms with Gasteiger partial charge in [-0.25, -0.2) is 18.2 Å². The van der Waals surface area contributed by atoms with Crippen LogP contribution in [0.25, 0.3) is 20.8 Å². The summed E-state index contributed by atoms with van der Waals surface area (Å²) in [7, 11) is -3.78. The molecule has 4 heterocycles. The van der Waals surface area contributed by atoms with Gasteiger partial charge in [-0.1, -0.05) is 19.1 Å². The summed E-state index contributed by atoms with van der Waals surface area (Å²) in [5.41, 5.74) is 3.53. The Morgan fingerprint density at radius 2 is 1.72 bits per heavy atom. The summed E-state index contributed by atoms with van der Waals surface area (Å²) in [6, 6.07) is 14.1. The highest BCUT2D eigenvalue weighted by molar-refractivity contribution is 7.89. The van der Waals surface area contributed by atoms with E-state index >= 15 is 0 Å². The minimum absolute atomic E-state index is 0.107. The number of sulfonamides is 1. The van der Waals surface area contributed by atoms with Crippen molar-refractivity contribution >= 4 is 59.9 Å². The highest BCUT2D eigenvalue weighted by Crippen LogP contribution is 2.45. The van der Waals surface area contributed by atoms with E-state index in [0.717, 1.165) is 51.8 Å². The first-order valence-electron chi connectivity index (χ1n) is 14.3. The quantitative estimate of drug-likeness (QED) is 0.299. The van der Waals surface area contributed by atoms with Gasteiger partial charge in [0.05, 0.1) is 21.7 Å². The molecule has 2 aromatic heterocycles. The van der Waals surface area contributed by atoms with Gasteiger partial charge in [0.15, 0.2) is 0 Å². The maximum absolute atomic E-state index is 13.5. The van der Waals surface area contributed by atoms with Crippen molar-refractivity contribution in [1.29, 1.82) is 0 Å². The molecule has 2 aromatic carbocycles. The number of nitrogens with zero attached hydrogens (tertiary/aromatic N) is 4. The molecular weight excluding hydrogens is 607 g/mol. The second-order valence-electron chi connectivity index (χ2n) is 10.4. The largest absolute Gasteiger partial charge is 0.450 e. The summed E-state index contributed by atoms with van der Waals surface area (Å²) in [6.45, 7) is 7.79. The number of benzene rings is 2. The number of para-hydroxylation sites is 1. The van der Waals surface area contributed by atoms with Gasteiger partial charge in [0.25, 0.3) is 5.91 Å². The first-order chi connectivity index (χ1) is 20.8. The van der Waals surface area contributed by atoms with Crippen molar-refractivity contribution in [2.24, 2.45) is 0 Å². The van der Waals surface area contributed by atoms with E-state index in [1.807, 2.05) is 18.2 Å². The number of thiophene rings is 1. The number of thiazole rings is 1. The summed E-state index contributed by atoms with van der Waals surface area (Å²) < 4.78 is 34.0. The van der Waals surface area contributed by atoms with Crippen molar-refractivity contribution in [2.75, 3.05) is 51.2 Å². The standard InChI is InChI=1S/C30H33N5O5S3/c1-3-33-14-13-22-25(19-33)42-29(26(22)28-31-23-7-5-6-8-24(23)41-28)32-27(36)20-9-11-21(12-10-20)43(38,39)35-17-15-34(16-18-35)30(37)40-4-2/h5-12H,3-4,13-19H2,1-2H3,(H,32,36). The third kappa shape index (κ3) is 5.92. The zero-order valence-corrected chi connectivity index (χ0v) is 26.5. The zero-order chi connectivity index (χ0) is 30.1. The number of amides is 2. The first kappa shape index (κ1) is 29.7. The number of aromatic nitrogens is 1. The van der Waals surface area contributed by atoms with Crippen LogP contribution in [0.3, 0.4) is 0 Å². The molecule has 0 bridgehead atoms. The van der Waals surface area contributed by atoms with Crippen LogP contribution >= 0.6 is 22.7 Å². The molecule has 13 heteroatoms. The molecule has 10 nitrogen and oxygen atoms in total. The predicted octanol–water partition coefficient (Wildman–Crippen LogP) is 5.12. The third-order valence-corrected chi connectivity index (χ3v) is 11.9. The lowest BCUT2D eigenvalue weighted by molar-refractivity contribution is 0.0933. The Bertz CT molecular complexity index is 1730. The molecule has 4 aromatic rings. The third-order valence-electron chi connectivity index (χ3n) is 7.84. The fourth-order valence-corrected chi connectivity index (χ4v) is 9.27. The summed E-state index contributed by atoms with van der Waals surface area (Å²) in [5.74, 6) is -0.305. The van der Waals surface area contributed by atoms with Crippen LogP contribution in [0.5, 0.6) is 0 Å². The van der Waals surface area contributed by atoms with Gasteiger partial charge in [0.2, 0.25) is 10.0 Å². The fourth-order valence-electron chi connectivity index (χ4n) is 5.45. The smallest absolute Gasteiger partial charge is 0.409 e. The maximum Gasteiger partial charge on any atom is 0.409 e. The monoisotopic (exact) mass is 639 g/mol. The Labute approximate surface area is 258 Å². The molecule has 2 aliphatic heterocycles. The number of rotatable bonds is 7. The molecule has 0 atom stereocenters. The van der Waals surface area contributed by atoms with Crippen LogP contribution in [0.4, 0.5) is 9.80 Å². The summed E-state index contributed by atoms with van der Waals surface area (Å²) in [6.07, 6.45) is 0.456. The molecule has 0 aliphatic carbocycles. The van der Waals surface area contributed by atoms with E-state index in [4.69, 9.17) is 9.72 Å². The number of piperazine rings is 1. The first-order valence-corrected chi connectivity index (χ1v) is 17.4. The van der Waals surface area contributed by atoms with Crippen molar-refractivity contribution in [2.45, 2.75) is 31.7 Å². The van der Waals surface area contributed by atoms with Crippen LogP contribution in [-0.4, -0.2) is 85.4 Å². The average Bonchev–Trinajstić information content (AvgIpc) is 3.61. The van der Waals surface area contributed by atoms with Crippen LogP contribution in [0, 0.1) is 0 Å². The highest BCUT2D eigenvalue weighted by Gasteiger charge is 2.31. The van der Waals surface area contributed by atoms with E-state index in [2.05, 4.69) is 23.2 Å². The van der Waals surface area contributed by atoms with Gasteiger partial charge in [-0.3, -0.25) is 9.69 Å². The molecule has 226 valence electrons. The van der Waals surface area contributed by atoms with Crippen LogP contribution in [0.15, 0.2) is 53.4 Å². The van der Waals surface area contributed by atoms with Crippen LogP contribution in [0.1, 0.15) is 34.6 Å². The molecule has 0 saturated carbocycles. The van der Waals surface area contributed by atoms with Crippen LogP contribution in [0.2, 0.25) is 0 Å². The zero-order valence-electron chi connectivity index (χ0n) is 24.0. The molecule has 6 rings (SSSR count). The van der Waals surface area contributed by atoms with Crippen molar-refractivity contribution in [1.82, 2.24) is 19.1 Å². The molecule has 0 spiro atoms. The lowest BCUT2D eigenvalue weighted by atomic mass is 10.0. The molecule has 2 aliphatic rings. The van der Waals surface area contributed by atoms with Gasteiger partial charge in [-0.05, 0) is 61.9 Å². The number of ether oxygens (including phenoxy) is 1. The summed E-state index contributed by atoms with van der Waals surface area (Å²) in [5, 5.41) is 4.78. The van der Waals surface area contributed by atoms with E-state index in [0.29, 0.717) is 5.56 Å². The highest BCUT2D eigenvalue weighted by atomic mass is 32.2. The fraction of sp³-hybridized carbons (Fsp3) is 0.367. The van der Waals surface area contributed by atoms with Crippen molar-refractivity contribution in [3.63, 3.8) is 0 Å². The van der Waals surface area contributed by atoms with Gasteiger partial charge >= 0.3 is 6.09 Å². The SMILES string of the molecule is CCOC(=O)N1CCN(S(=O)(=O)c2ccc(C(=O)Nc3sc4c(c3-c3nc5ccccc5s3)CCN(CC)C4)cc2)CC1. The Morgan fingerprint density at radius 3 is 2.42 bits per heavy atom. The van der Waals surface area contributed by atoms with Crippen molar-refractivity contribution < 1.29 is 22.7 Å². The van der Waals surface area contributed by atoms with E-state index in [1.165, 1.54) is 31.8 Å². The Balaban J connectivity index is 1.21. The number of hydrogen-bond donors (Lipinski definition) is 1. The molecule has 1 fully saturated rings. The lowest BCUT2D eigenvalue weighted by Gasteiger charge is -2.33. The number of carbonyl (C=O) groups excluding carboxylic acids is 2. The maximum atomic E-state index is 13.5. The van der Waals surface area contributed by atoms with E-state index in [9.17, 15) is 18.0 Å². The van der Waals surface area contributed by atoms with Crippen molar-refractivity contribution in [3.8, 4) is 10.6 Å². The molecule has 1 N–H and O–H groups in total. The van der Waals surface area contributed by atoms with Gasteiger partial charge in [-0.15, -0.1) is 22.7 Å². The molecular formula is C30H33N5O5S3. The Morgan fingerprint density at radius 1 is 0.977 bits per heavy atom. The van der Waals surface area contributed by atoms with Crippen molar-refractivity contribution in [3.05, 3.63) is 64.5 Å². The number of hydrogen-bond acceptors (Lipinski definition) is 9. The second-order valence-corrected chi connectivity index (χ2v) is 14.5. The number of fused-ring (bicyclic) bond motifs is 2. The normalized spacial score (nSPS) is 16.3. The summed E-state index contributed by atoms with van der Waals surface area (Å²) >= 11 is 3.22. The van der Waals surface area contributed by atoms with E-state index in [-0.39, 0.29) is 43.6 Å². The Hall–Kier alpha value is -3.36. The molecule has 43 heavy (non-hydrogen) atoms. The Kier molecular flexibility index (Phi) is 8.51. The van der Waals surface area contributed by atoms with Crippen LogP contribution in [-0.2, 0) is 27.7 Å². The van der Waals surface area contributed by atoms with E-state index in [1.54, 1.807) is 41.7 Å². The second kappa shape index (κ2) is 12.3. The van der Waals surface area contributed by atoms with Gasteiger partial charge in [0.1, 0.15) is 10.0 Å². The number of nitrogens with one attached hydrogen (secondary N) is 1. The predicted molar refractivity (Wildman–Crippen MR) is 169 cm³/mol. The van der Waals surface area contributed by atoms with Gasteiger partial charge in [0, 0.05) is 55.3 Å². The molecule has 0 unspecified atom stereocenters. The van der Waals surface area contributed by atoms with Gasteiger partial charge < -0.3 is 15.0 Å². The molecule has 2 amide bonds. The number of likely N-dealkylation sites (N-methyl/N-ethyl adjacent to an activating group) is 1. The average molecular weight is 640 g/mol. The molecule has 1 saturated heterocycles. The summed E-state index contributed by atoms with van der Waals surface area (Å²) in [4.78, 5) is 35.6. The topological polar surface area (TPSA) is 112 Å². The molecule has 0 radical (unpaired) electrons. The minimum Gasteiger partial charge on any atom is -0.450 e. The minimum atomic E-state index is -3.78. The van der Waals surface area contributed by atoms with Crippen LogP contribution < -0.4 is 5.32 Å². The van der Waals surface area contributed by atoms with Gasteiger partial charge in [-0.2, -0.15) is 4.31 Å². The lowest BCUT2D eigenvalue weighted by Crippen LogP contribution is -2.50. The number of anilines is 1. The number of carbonyl (C=O) groups is 2. The van der Waals surface area contributed by atoms with E-state index < -0.39 is 16.1 Å².